The molecule has 1 aromatic heterocycles. The normalized spacial score (nSPS) is 23.9. The van der Waals surface area contributed by atoms with Crippen LogP contribution in [0.1, 0.15) is 25.3 Å². The lowest BCUT2D eigenvalue weighted by Gasteiger charge is -2.25. The van der Waals surface area contributed by atoms with Gasteiger partial charge in [0.05, 0.1) is 5.41 Å². The minimum absolute atomic E-state index is 0.186. The molecule has 1 aliphatic rings. The fraction of sp³-hybridized carbons (Fsp3) is 0.615. The predicted octanol–water partition coefficient (Wildman–Crippen LogP) is 1.03. The number of carbonyl (C=O) groups is 1. The highest BCUT2D eigenvalue weighted by Crippen LogP contribution is 2.29. The lowest BCUT2D eigenvalue weighted by Crippen LogP contribution is -2.41. The number of hydrogen-bond acceptors (Lipinski definition) is 2. The van der Waals surface area contributed by atoms with Gasteiger partial charge in [-0.2, -0.15) is 0 Å². The molecule has 0 aromatic carbocycles. The zero-order chi connectivity index (χ0) is 12.3. The number of carbonyl (C=O) groups excluding carboxylic acids is 1. The van der Waals surface area contributed by atoms with Crippen molar-refractivity contribution in [3.05, 3.63) is 24.0 Å². The third kappa shape index (κ3) is 2.52. The van der Waals surface area contributed by atoms with Gasteiger partial charge in [-0.1, -0.05) is 6.92 Å². The molecule has 17 heavy (non-hydrogen) atoms. The zero-order valence-corrected chi connectivity index (χ0v) is 10.6. The van der Waals surface area contributed by atoms with Gasteiger partial charge < -0.3 is 15.2 Å². The van der Waals surface area contributed by atoms with Crippen LogP contribution in [0, 0.1) is 5.41 Å². The average molecular weight is 235 g/mol. The highest BCUT2D eigenvalue weighted by atomic mass is 16.2. The van der Waals surface area contributed by atoms with Crippen LogP contribution >= 0.6 is 0 Å². The summed E-state index contributed by atoms with van der Waals surface area (Å²) in [5.41, 5.74) is 0.965. The summed E-state index contributed by atoms with van der Waals surface area (Å²) >= 11 is 0. The fourth-order valence-corrected chi connectivity index (χ4v) is 2.44. The Morgan fingerprint density at radius 3 is 3.00 bits per heavy atom. The third-order valence-electron chi connectivity index (χ3n) is 3.75. The van der Waals surface area contributed by atoms with Gasteiger partial charge in [-0.05, 0) is 31.0 Å². The molecule has 1 fully saturated rings. The quantitative estimate of drug-likeness (QED) is 0.819. The average Bonchev–Trinajstić information content (AvgIpc) is 2.95. The molecule has 2 heterocycles. The van der Waals surface area contributed by atoms with Crippen molar-refractivity contribution in [2.45, 2.75) is 26.3 Å². The molecule has 4 heteroatoms. The van der Waals surface area contributed by atoms with Crippen LogP contribution in [0.25, 0.3) is 0 Å². The van der Waals surface area contributed by atoms with E-state index in [1.165, 1.54) is 0 Å². The van der Waals surface area contributed by atoms with Gasteiger partial charge in [-0.15, -0.1) is 0 Å². The highest BCUT2D eigenvalue weighted by Gasteiger charge is 2.39. The van der Waals surface area contributed by atoms with E-state index in [1.54, 1.807) is 0 Å². The van der Waals surface area contributed by atoms with Gasteiger partial charge in [0.15, 0.2) is 0 Å². The Hall–Kier alpha value is -1.29. The molecule has 1 amide bonds. The standard InChI is InChI=1S/C13H21N3O/c1-3-13(5-6-14-10-13)12(17)15-8-11-4-7-16(2)9-11/h4,7,9,14H,3,5-6,8,10H2,1-2H3,(H,15,17). The van der Waals surface area contributed by atoms with Crippen LogP contribution in [-0.2, 0) is 18.4 Å². The lowest BCUT2D eigenvalue weighted by atomic mass is 9.83. The van der Waals surface area contributed by atoms with Crippen molar-refractivity contribution in [3.63, 3.8) is 0 Å². The van der Waals surface area contributed by atoms with E-state index in [9.17, 15) is 4.79 Å². The van der Waals surface area contributed by atoms with Crippen LogP contribution in [0.2, 0.25) is 0 Å². The van der Waals surface area contributed by atoms with E-state index in [2.05, 4.69) is 17.6 Å². The predicted molar refractivity (Wildman–Crippen MR) is 67.5 cm³/mol. The van der Waals surface area contributed by atoms with Gasteiger partial charge in [0.1, 0.15) is 0 Å². The molecule has 0 aliphatic carbocycles. The van der Waals surface area contributed by atoms with Gasteiger partial charge >= 0.3 is 0 Å². The molecule has 1 atom stereocenters. The van der Waals surface area contributed by atoms with Crippen LogP contribution in [0.5, 0.6) is 0 Å². The Labute approximate surface area is 102 Å². The van der Waals surface area contributed by atoms with Gasteiger partial charge in [-0.25, -0.2) is 0 Å². The molecule has 1 saturated heterocycles. The smallest absolute Gasteiger partial charge is 0.227 e. The minimum Gasteiger partial charge on any atom is -0.357 e. The van der Waals surface area contributed by atoms with E-state index in [1.807, 2.05) is 30.1 Å². The fourth-order valence-electron chi connectivity index (χ4n) is 2.44. The number of rotatable bonds is 4. The Bertz CT molecular complexity index is 391. The number of aryl methyl sites for hydroxylation is 1. The first-order valence-corrected chi connectivity index (χ1v) is 6.26. The minimum atomic E-state index is -0.186. The van der Waals surface area contributed by atoms with Crippen LogP contribution in [0.15, 0.2) is 18.5 Å². The zero-order valence-electron chi connectivity index (χ0n) is 10.6. The second kappa shape index (κ2) is 4.92. The maximum Gasteiger partial charge on any atom is 0.227 e. The molecule has 2 N–H and O–H groups in total. The van der Waals surface area contributed by atoms with Gasteiger partial charge in [0.2, 0.25) is 5.91 Å². The van der Waals surface area contributed by atoms with Gasteiger partial charge in [-0.3, -0.25) is 4.79 Å². The summed E-state index contributed by atoms with van der Waals surface area (Å²) in [6.45, 7) is 4.48. The van der Waals surface area contributed by atoms with E-state index in [-0.39, 0.29) is 11.3 Å². The van der Waals surface area contributed by atoms with Crippen molar-refractivity contribution < 1.29 is 4.79 Å². The first-order valence-electron chi connectivity index (χ1n) is 6.26. The van der Waals surface area contributed by atoms with Crippen molar-refractivity contribution in [1.82, 2.24) is 15.2 Å². The van der Waals surface area contributed by atoms with Gasteiger partial charge in [0.25, 0.3) is 0 Å². The van der Waals surface area contributed by atoms with Crippen molar-refractivity contribution in [1.29, 1.82) is 0 Å². The molecule has 1 aliphatic heterocycles. The van der Waals surface area contributed by atoms with E-state index < -0.39 is 0 Å². The van der Waals surface area contributed by atoms with Crippen molar-refractivity contribution in [2.75, 3.05) is 13.1 Å². The number of nitrogens with one attached hydrogen (secondary N) is 2. The lowest BCUT2D eigenvalue weighted by molar-refractivity contribution is -0.130. The Morgan fingerprint density at radius 2 is 2.47 bits per heavy atom. The summed E-state index contributed by atoms with van der Waals surface area (Å²) in [4.78, 5) is 12.2. The first-order chi connectivity index (χ1) is 8.16. The summed E-state index contributed by atoms with van der Waals surface area (Å²) in [5, 5.41) is 6.34. The Morgan fingerprint density at radius 1 is 1.65 bits per heavy atom. The second-order valence-corrected chi connectivity index (χ2v) is 4.93. The van der Waals surface area contributed by atoms with Crippen LogP contribution < -0.4 is 10.6 Å². The summed E-state index contributed by atoms with van der Waals surface area (Å²) in [6.07, 6.45) is 5.88. The van der Waals surface area contributed by atoms with Gasteiger partial charge in [0, 0.05) is 32.5 Å². The first kappa shape index (κ1) is 12.2. The Balaban J connectivity index is 1.92. The number of hydrogen-bond donors (Lipinski definition) is 2. The summed E-state index contributed by atoms with van der Waals surface area (Å²) in [5.74, 6) is 0.189. The monoisotopic (exact) mass is 235 g/mol. The Kier molecular flexibility index (Phi) is 3.52. The SMILES string of the molecule is CCC1(C(=O)NCc2ccn(C)c2)CCNC1. The van der Waals surface area contributed by atoms with Crippen molar-refractivity contribution >= 4 is 5.91 Å². The topological polar surface area (TPSA) is 46.1 Å². The molecule has 94 valence electrons. The third-order valence-corrected chi connectivity index (χ3v) is 3.75. The van der Waals surface area contributed by atoms with E-state index >= 15 is 0 Å². The molecular weight excluding hydrogens is 214 g/mol. The van der Waals surface area contributed by atoms with E-state index in [4.69, 9.17) is 0 Å². The number of aromatic nitrogens is 1. The van der Waals surface area contributed by atoms with E-state index in [0.29, 0.717) is 6.54 Å². The summed E-state index contributed by atoms with van der Waals surface area (Å²) < 4.78 is 1.99. The molecule has 2 rings (SSSR count). The largest absolute Gasteiger partial charge is 0.357 e. The molecule has 0 bridgehead atoms. The summed E-state index contributed by atoms with van der Waals surface area (Å²) in [7, 11) is 1.99. The maximum atomic E-state index is 12.2. The molecule has 0 saturated carbocycles. The molecule has 0 radical (unpaired) electrons. The van der Waals surface area contributed by atoms with Crippen LogP contribution in [-0.4, -0.2) is 23.6 Å². The second-order valence-electron chi connectivity index (χ2n) is 4.93. The molecule has 0 spiro atoms. The molecule has 1 aromatic rings. The van der Waals surface area contributed by atoms with Crippen molar-refractivity contribution in [2.24, 2.45) is 12.5 Å². The number of amides is 1. The number of nitrogens with zero attached hydrogens (tertiary/aromatic N) is 1. The van der Waals surface area contributed by atoms with Crippen LogP contribution in [0.3, 0.4) is 0 Å². The van der Waals surface area contributed by atoms with Crippen molar-refractivity contribution in [3.8, 4) is 0 Å². The molecule has 4 nitrogen and oxygen atoms in total. The highest BCUT2D eigenvalue weighted by molar-refractivity contribution is 5.83. The van der Waals surface area contributed by atoms with E-state index in [0.717, 1.165) is 31.5 Å². The molecule has 1 unspecified atom stereocenters. The van der Waals surface area contributed by atoms with Crippen LogP contribution in [0.4, 0.5) is 0 Å². The maximum absolute atomic E-state index is 12.2. The summed E-state index contributed by atoms with van der Waals surface area (Å²) in [6, 6.07) is 2.03. The molecular formula is C13H21N3O.